The molecule has 0 heterocycles. The summed E-state index contributed by atoms with van der Waals surface area (Å²) in [6, 6.07) is 12.8. The standard InChI is InChI=1S/C18H22N2O3/c1-18(2,3)16(17(22)23)20-19-15(21)11-13-9-6-8-12-7-4-5-10-14(12)13/h4-10,16,20H,11H2,1-3H3,(H,19,21)(H,22,23)/t16-/m1/s1. The highest BCUT2D eigenvalue weighted by Gasteiger charge is 2.31. The molecule has 2 rings (SSSR count). The molecule has 5 heteroatoms. The number of carbonyl (C=O) groups is 2. The highest BCUT2D eigenvalue weighted by Crippen LogP contribution is 2.20. The Balaban J connectivity index is 2.06. The molecule has 0 aliphatic rings. The minimum absolute atomic E-state index is 0.185. The highest BCUT2D eigenvalue weighted by molar-refractivity contribution is 5.90. The van der Waals surface area contributed by atoms with Crippen molar-refractivity contribution in [3.05, 3.63) is 48.0 Å². The fourth-order valence-electron chi connectivity index (χ4n) is 2.47. The molecule has 0 unspecified atom stereocenters. The van der Waals surface area contributed by atoms with E-state index in [4.69, 9.17) is 0 Å². The van der Waals surface area contributed by atoms with E-state index in [0.717, 1.165) is 16.3 Å². The van der Waals surface area contributed by atoms with Gasteiger partial charge in [-0.05, 0) is 21.8 Å². The Bertz CT molecular complexity index is 714. The van der Waals surface area contributed by atoms with Crippen molar-refractivity contribution in [1.82, 2.24) is 10.9 Å². The number of hydrazine groups is 1. The summed E-state index contributed by atoms with van der Waals surface area (Å²) in [7, 11) is 0. The van der Waals surface area contributed by atoms with E-state index in [9.17, 15) is 14.7 Å². The third kappa shape index (κ3) is 4.29. The molecule has 0 radical (unpaired) electrons. The highest BCUT2D eigenvalue weighted by atomic mass is 16.4. The molecule has 0 fully saturated rings. The van der Waals surface area contributed by atoms with Crippen LogP contribution in [0.1, 0.15) is 26.3 Å². The first-order valence-electron chi connectivity index (χ1n) is 7.53. The van der Waals surface area contributed by atoms with Gasteiger partial charge in [0, 0.05) is 0 Å². The molecule has 122 valence electrons. The predicted octanol–water partition coefficient (Wildman–Crippen LogP) is 2.50. The third-order valence-corrected chi connectivity index (χ3v) is 3.70. The van der Waals surface area contributed by atoms with Crippen molar-refractivity contribution in [3.8, 4) is 0 Å². The van der Waals surface area contributed by atoms with Crippen molar-refractivity contribution in [2.45, 2.75) is 33.2 Å². The predicted molar refractivity (Wildman–Crippen MR) is 89.8 cm³/mol. The normalized spacial score (nSPS) is 12.8. The minimum Gasteiger partial charge on any atom is -0.480 e. The number of fused-ring (bicyclic) bond motifs is 1. The molecule has 23 heavy (non-hydrogen) atoms. The maximum Gasteiger partial charge on any atom is 0.323 e. The lowest BCUT2D eigenvalue weighted by Gasteiger charge is -2.27. The van der Waals surface area contributed by atoms with Gasteiger partial charge in [0.15, 0.2) is 0 Å². The molecule has 0 aliphatic carbocycles. The molecule has 2 aromatic carbocycles. The molecule has 1 amide bonds. The number of hydrogen-bond donors (Lipinski definition) is 3. The summed E-state index contributed by atoms with van der Waals surface area (Å²) in [5.74, 6) is -1.26. The zero-order valence-electron chi connectivity index (χ0n) is 13.6. The molecule has 0 spiro atoms. The van der Waals surface area contributed by atoms with Gasteiger partial charge in [0.2, 0.25) is 5.91 Å². The van der Waals surface area contributed by atoms with Crippen LogP contribution in [0.3, 0.4) is 0 Å². The van der Waals surface area contributed by atoms with E-state index in [0.29, 0.717) is 0 Å². The lowest BCUT2D eigenvalue weighted by atomic mass is 9.87. The number of amides is 1. The molecule has 2 aromatic rings. The van der Waals surface area contributed by atoms with E-state index < -0.39 is 17.4 Å². The molecular weight excluding hydrogens is 292 g/mol. The molecule has 0 aromatic heterocycles. The Labute approximate surface area is 135 Å². The van der Waals surface area contributed by atoms with Gasteiger partial charge in [-0.3, -0.25) is 15.0 Å². The zero-order chi connectivity index (χ0) is 17.0. The van der Waals surface area contributed by atoms with E-state index in [1.807, 2.05) is 42.5 Å². The first-order chi connectivity index (χ1) is 10.8. The van der Waals surface area contributed by atoms with Gasteiger partial charge in [-0.1, -0.05) is 63.2 Å². The van der Waals surface area contributed by atoms with Gasteiger partial charge in [-0.15, -0.1) is 0 Å². The minimum atomic E-state index is -0.997. The van der Waals surface area contributed by atoms with Gasteiger partial charge in [-0.2, -0.15) is 0 Å². The molecular formula is C18H22N2O3. The number of carboxylic acids is 1. The van der Waals surface area contributed by atoms with Gasteiger partial charge >= 0.3 is 5.97 Å². The first kappa shape index (κ1) is 17.0. The summed E-state index contributed by atoms with van der Waals surface area (Å²) >= 11 is 0. The van der Waals surface area contributed by atoms with Crippen molar-refractivity contribution < 1.29 is 14.7 Å². The van der Waals surface area contributed by atoms with Crippen molar-refractivity contribution >= 4 is 22.6 Å². The molecule has 5 nitrogen and oxygen atoms in total. The largest absolute Gasteiger partial charge is 0.480 e. The molecule has 1 atom stereocenters. The monoisotopic (exact) mass is 314 g/mol. The topological polar surface area (TPSA) is 78.4 Å². The Morgan fingerprint density at radius 3 is 2.39 bits per heavy atom. The average Bonchev–Trinajstić information content (AvgIpc) is 2.46. The Kier molecular flexibility index (Phi) is 5.01. The number of benzene rings is 2. The number of rotatable bonds is 5. The summed E-state index contributed by atoms with van der Waals surface area (Å²) < 4.78 is 0. The van der Waals surface area contributed by atoms with Crippen molar-refractivity contribution in [3.63, 3.8) is 0 Å². The SMILES string of the molecule is CC(C)(C)[C@H](NNC(=O)Cc1cccc2ccccc12)C(=O)O. The second kappa shape index (κ2) is 6.79. The molecule has 0 bridgehead atoms. The van der Waals surface area contributed by atoms with Crippen LogP contribution < -0.4 is 10.9 Å². The van der Waals surface area contributed by atoms with Crippen LogP contribution in [0.2, 0.25) is 0 Å². The van der Waals surface area contributed by atoms with Crippen LogP contribution in [0.25, 0.3) is 10.8 Å². The zero-order valence-corrected chi connectivity index (χ0v) is 13.6. The fourth-order valence-corrected chi connectivity index (χ4v) is 2.47. The quantitative estimate of drug-likeness (QED) is 0.741. The molecule has 0 aliphatic heterocycles. The van der Waals surface area contributed by atoms with Crippen LogP contribution in [-0.2, 0) is 16.0 Å². The number of carboxylic acid groups (broad SMARTS) is 1. The molecule has 3 N–H and O–H groups in total. The van der Waals surface area contributed by atoms with Crippen LogP contribution in [0.15, 0.2) is 42.5 Å². The Morgan fingerprint density at radius 1 is 1.09 bits per heavy atom. The maximum absolute atomic E-state index is 12.1. The summed E-state index contributed by atoms with van der Waals surface area (Å²) in [6.07, 6.45) is 0.185. The van der Waals surface area contributed by atoms with Gasteiger partial charge in [0.05, 0.1) is 6.42 Å². The lowest BCUT2D eigenvalue weighted by Crippen LogP contribution is -2.54. The van der Waals surface area contributed by atoms with Gasteiger partial charge in [0.1, 0.15) is 6.04 Å². The van der Waals surface area contributed by atoms with Crippen LogP contribution in [0.4, 0.5) is 0 Å². The van der Waals surface area contributed by atoms with Crippen LogP contribution in [0.5, 0.6) is 0 Å². The molecule has 0 saturated carbocycles. The Morgan fingerprint density at radius 2 is 1.74 bits per heavy atom. The van der Waals surface area contributed by atoms with E-state index in [2.05, 4.69) is 10.9 Å². The van der Waals surface area contributed by atoms with Gasteiger partial charge < -0.3 is 5.11 Å². The first-order valence-corrected chi connectivity index (χ1v) is 7.53. The number of nitrogens with one attached hydrogen (secondary N) is 2. The van der Waals surface area contributed by atoms with Gasteiger partial charge in [-0.25, -0.2) is 5.43 Å². The third-order valence-electron chi connectivity index (χ3n) is 3.70. The van der Waals surface area contributed by atoms with E-state index >= 15 is 0 Å². The van der Waals surface area contributed by atoms with Gasteiger partial charge in [0.25, 0.3) is 0 Å². The average molecular weight is 314 g/mol. The summed E-state index contributed by atoms with van der Waals surface area (Å²) in [5, 5.41) is 11.3. The fraction of sp³-hybridized carbons (Fsp3) is 0.333. The summed E-state index contributed by atoms with van der Waals surface area (Å²) in [5.41, 5.74) is 5.53. The number of hydrogen-bond acceptors (Lipinski definition) is 3. The van der Waals surface area contributed by atoms with Crippen molar-refractivity contribution in [2.75, 3.05) is 0 Å². The summed E-state index contributed by atoms with van der Waals surface area (Å²) in [4.78, 5) is 23.4. The lowest BCUT2D eigenvalue weighted by molar-refractivity contribution is -0.143. The van der Waals surface area contributed by atoms with Crippen molar-refractivity contribution in [2.24, 2.45) is 5.41 Å². The van der Waals surface area contributed by atoms with Crippen LogP contribution in [0, 0.1) is 5.41 Å². The van der Waals surface area contributed by atoms with E-state index in [1.165, 1.54) is 0 Å². The second-order valence-electron chi connectivity index (χ2n) is 6.64. The van der Waals surface area contributed by atoms with E-state index in [1.54, 1.807) is 20.8 Å². The Hall–Kier alpha value is -2.40. The van der Waals surface area contributed by atoms with E-state index in [-0.39, 0.29) is 12.3 Å². The van der Waals surface area contributed by atoms with Crippen molar-refractivity contribution in [1.29, 1.82) is 0 Å². The smallest absolute Gasteiger partial charge is 0.323 e. The second-order valence-corrected chi connectivity index (χ2v) is 6.64. The number of carbonyl (C=O) groups excluding carboxylic acids is 1. The molecule has 0 saturated heterocycles. The summed E-state index contributed by atoms with van der Waals surface area (Å²) in [6.45, 7) is 5.40. The maximum atomic E-state index is 12.1. The number of aliphatic carboxylic acids is 1. The van der Waals surface area contributed by atoms with Crippen LogP contribution >= 0.6 is 0 Å². The van der Waals surface area contributed by atoms with Crippen LogP contribution in [-0.4, -0.2) is 23.0 Å².